The maximum Gasteiger partial charge on any atom is 0.223 e. The molecule has 4 aromatic rings. The number of aromatic nitrogens is 5. The van der Waals surface area contributed by atoms with E-state index in [1.54, 1.807) is 16.7 Å². The van der Waals surface area contributed by atoms with Gasteiger partial charge in [0.2, 0.25) is 5.95 Å². The van der Waals surface area contributed by atoms with E-state index in [0.717, 1.165) is 37.3 Å². The number of halogens is 1. The number of rotatable bonds is 7. The van der Waals surface area contributed by atoms with Crippen molar-refractivity contribution in [1.29, 1.82) is 0 Å². The molecule has 1 saturated heterocycles. The summed E-state index contributed by atoms with van der Waals surface area (Å²) in [6.45, 7) is 1.23. The molecule has 1 aliphatic heterocycles. The SMILES string of the molecule is COc1ccc([C@H](CO)c2nnc3cc(-c4ccnc(NC5CCOCC5)n4)ccn23)cc1F. The first-order chi connectivity index (χ1) is 16.7. The van der Waals surface area contributed by atoms with E-state index in [9.17, 15) is 9.50 Å². The summed E-state index contributed by atoms with van der Waals surface area (Å²) < 4.78 is 26.4. The second-order valence-corrected chi connectivity index (χ2v) is 8.13. The molecule has 3 aromatic heterocycles. The number of benzene rings is 1. The van der Waals surface area contributed by atoms with Crippen LogP contribution in [-0.4, -0.2) is 62.6 Å². The lowest BCUT2D eigenvalue weighted by molar-refractivity contribution is 0.0903. The Morgan fingerprint density at radius 2 is 2.06 bits per heavy atom. The standard InChI is InChI=1S/C24H25FN6O3/c1-33-21-3-2-15(12-19(21)25)18(14-32)23-30-29-22-13-16(5-9-31(22)23)20-4-8-26-24(28-20)27-17-6-10-34-11-7-17/h2-5,8-9,12-13,17-18,32H,6-7,10-11,14H2,1H3,(H,26,27,28)/t18-/m0/s1. The van der Waals surface area contributed by atoms with Crippen LogP contribution in [0, 0.1) is 5.82 Å². The fraction of sp³-hybridized carbons (Fsp3) is 0.333. The van der Waals surface area contributed by atoms with Crippen LogP contribution in [0.15, 0.2) is 48.8 Å². The van der Waals surface area contributed by atoms with Crippen LogP contribution in [0.25, 0.3) is 16.9 Å². The molecule has 1 atom stereocenters. The van der Waals surface area contributed by atoms with Crippen LogP contribution in [0.4, 0.5) is 10.3 Å². The van der Waals surface area contributed by atoms with Gasteiger partial charge < -0.3 is 19.9 Å². The van der Waals surface area contributed by atoms with Crippen molar-refractivity contribution >= 4 is 11.6 Å². The molecule has 1 fully saturated rings. The van der Waals surface area contributed by atoms with Gasteiger partial charge in [-0.1, -0.05) is 6.07 Å². The average molecular weight is 465 g/mol. The third-order valence-corrected chi connectivity index (χ3v) is 6.01. The van der Waals surface area contributed by atoms with Crippen molar-refractivity contribution in [2.75, 3.05) is 32.2 Å². The number of hydrogen-bond acceptors (Lipinski definition) is 8. The van der Waals surface area contributed by atoms with Gasteiger partial charge in [0.15, 0.2) is 17.2 Å². The molecule has 0 spiro atoms. The molecular formula is C24H25FN6O3. The second kappa shape index (κ2) is 9.70. The highest BCUT2D eigenvalue weighted by Gasteiger charge is 2.22. The van der Waals surface area contributed by atoms with Gasteiger partial charge in [-0.3, -0.25) is 4.40 Å². The van der Waals surface area contributed by atoms with E-state index >= 15 is 0 Å². The lowest BCUT2D eigenvalue weighted by Crippen LogP contribution is -2.28. The molecule has 1 aliphatic rings. The number of methoxy groups -OCH3 is 1. The molecule has 0 radical (unpaired) electrons. The number of nitrogens with zero attached hydrogens (tertiary/aromatic N) is 5. The first-order valence-electron chi connectivity index (χ1n) is 11.1. The second-order valence-electron chi connectivity index (χ2n) is 8.13. The van der Waals surface area contributed by atoms with Gasteiger partial charge in [-0.25, -0.2) is 14.4 Å². The zero-order valence-electron chi connectivity index (χ0n) is 18.7. The molecule has 4 heterocycles. The number of ether oxygens (including phenoxy) is 2. The van der Waals surface area contributed by atoms with Crippen molar-refractivity contribution in [3.8, 4) is 17.0 Å². The predicted octanol–water partition coefficient (Wildman–Crippen LogP) is 3.05. The number of hydrogen-bond donors (Lipinski definition) is 2. The summed E-state index contributed by atoms with van der Waals surface area (Å²) in [5.41, 5.74) is 2.80. The van der Waals surface area contributed by atoms with Crippen LogP contribution in [-0.2, 0) is 4.74 Å². The number of anilines is 1. The Balaban J connectivity index is 1.42. The van der Waals surface area contributed by atoms with E-state index in [2.05, 4.69) is 25.5 Å². The number of fused-ring (bicyclic) bond motifs is 1. The fourth-order valence-electron chi connectivity index (χ4n) is 4.16. The summed E-state index contributed by atoms with van der Waals surface area (Å²) in [7, 11) is 1.41. The first kappa shape index (κ1) is 22.2. The molecule has 0 saturated carbocycles. The van der Waals surface area contributed by atoms with Gasteiger partial charge in [0.1, 0.15) is 5.82 Å². The highest BCUT2D eigenvalue weighted by Crippen LogP contribution is 2.28. The average Bonchev–Trinajstić information content (AvgIpc) is 3.28. The Morgan fingerprint density at radius 1 is 1.21 bits per heavy atom. The Kier molecular flexibility index (Phi) is 6.33. The fourth-order valence-corrected chi connectivity index (χ4v) is 4.16. The minimum absolute atomic E-state index is 0.145. The van der Waals surface area contributed by atoms with Crippen molar-refractivity contribution in [3.05, 3.63) is 66.0 Å². The molecule has 176 valence electrons. The van der Waals surface area contributed by atoms with Crippen molar-refractivity contribution in [2.45, 2.75) is 24.8 Å². The van der Waals surface area contributed by atoms with Crippen LogP contribution in [0.5, 0.6) is 5.75 Å². The molecule has 0 amide bonds. The van der Waals surface area contributed by atoms with Gasteiger partial charge in [-0.2, -0.15) is 0 Å². The molecular weight excluding hydrogens is 439 g/mol. The molecule has 0 bridgehead atoms. The molecule has 2 N–H and O–H groups in total. The van der Waals surface area contributed by atoms with Crippen molar-refractivity contribution < 1.29 is 19.0 Å². The predicted molar refractivity (Wildman–Crippen MR) is 123 cm³/mol. The number of pyridine rings is 1. The largest absolute Gasteiger partial charge is 0.494 e. The smallest absolute Gasteiger partial charge is 0.223 e. The van der Waals surface area contributed by atoms with Crippen LogP contribution in [0.2, 0.25) is 0 Å². The molecule has 0 unspecified atom stereocenters. The van der Waals surface area contributed by atoms with E-state index < -0.39 is 11.7 Å². The van der Waals surface area contributed by atoms with E-state index in [1.807, 2.05) is 24.4 Å². The molecule has 0 aliphatic carbocycles. The monoisotopic (exact) mass is 464 g/mol. The lowest BCUT2D eigenvalue weighted by atomic mass is 9.98. The van der Waals surface area contributed by atoms with Crippen molar-refractivity contribution in [1.82, 2.24) is 24.6 Å². The highest BCUT2D eigenvalue weighted by molar-refractivity contribution is 5.64. The quantitative estimate of drug-likeness (QED) is 0.430. The van der Waals surface area contributed by atoms with Crippen molar-refractivity contribution in [3.63, 3.8) is 0 Å². The summed E-state index contributed by atoms with van der Waals surface area (Å²) in [5.74, 6) is 0.192. The third-order valence-electron chi connectivity index (χ3n) is 6.01. The minimum atomic E-state index is -0.546. The molecule has 5 rings (SSSR count). The molecule has 10 heteroatoms. The topological polar surface area (TPSA) is 107 Å². The number of nitrogens with one attached hydrogen (secondary N) is 1. The molecule has 1 aromatic carbocycles. The Hall–Kier alpha value is -3.63. The summed E-state index contributed by atoms with van der Waals surface area (Å²) >= 11 is 0. The van der Waals surface area contributed by atoms with E-state index in [4.69, 9.17) is 9.47 Å². The zero-order chi connectivity index (χ0) is 23.5. The normalized spacial score (nSPS) is 15.4. The van der Waals surface area contributed by atoms with Gasteiger partial charge in [0.05, 0.1) is 25.3 Å². The van der Waals surface area contributed by atoms with Crippen molar-refractivity contribution in [2.24, 2.45) is 0 Å². The Morgan fingerprint density at radius 3 is 2.82 bits per heavy atom. The zero-order valence-corrected chi connectivity index (χ0v) is 18.7. The lowest BCUT2D eigenvalue weighted by Gasteiger charge is -2.23. The van der Waals surface area contributed by atoms with Gasteiger partial charge >= 0.3 is 0 Å². The van der Waals surface area contributed by atoms with E-state index in [1.165, 1.54) is 19.2 Å². The summed E-state index contributed by atoms with van der Waals surface area (Å²) in [6.07, 6.45) is 5.40. The van der Waals surface area contributed by atoms with Gasteiger partial charge in [-0.15, -0.1) is 10.2 Å². The van der Waals surface area contributed by atoms with Gasteiger partial charge in [0.25, 0.3) is 0 Å². The van der Waals surface area contributed by atoms with Crippen LogP contribution in [0.3, 0.4) is 0 Å². The summed E-state index contributed by atoms with van der Waals surface area (Å²) in [6, 6.07) is 10.5. The maximum atomic E-state index is 14.3. The minimum Gasteiger partial charge on any atom is -0.494 e. The molecule has 9 nitrogen and oxygen atoms in total. The Labute approximate surface area is 195 Å². The van der Waals surface area contributed by atoms with Gasteiger partial charge in [0, 0.05) is 37.2 Å². The summed E-state index contributed by atoms with van der Waals surface area (Å²) in [5, 5.41) is 22.0. The molecule has 34 heavy (non-hydrogen) atoms. The number of aliphatic hydroxyl groups excluding tert-OH is 1. The number of aliphatic hydroxyl groups is 1. The van der Waals surface area contributed by atoms with Crippen LogP contribution < -0.4 is 10.1 Å². The Bertz CT molecular complexity index is 1290. The van der Waals surface area contributed by atoms with E-state index in [0.29, 0.717) is 29.0 Å². The first-order valence-corrected chi connectivity index (χ1v) is 11.1. The van der Waals surface area contributed by atoms with Gasteiger partial charge in [-0.05, 0) is 48.7 Å². The maximum absolute atomic E-state index is 14.3. The summed E-state index contributed by atoms with van der Waals surface area (Å²) in [4.78, 5) is 9.01. The third kappa shape index (κ3) is 4.42. The van der Waals surface area contributed by atoms with Crippen LogP contribution >= 0.6 is 0 Å². The van der Waals surface area contributed by atoms with E-state index in [-0.39, 0.29) is 12.4 Å². The van der Waals surface area contributed by atoms with Crippen LogP contribution in [0.1, 0.15) is 30.1 Å². The highest BCUT2D eigenvalue weighted by atomic mass is 19.1.